The third-order valence-electron chi connectivity index (χ3n) is 3.37. The minimum absolute atomic E-state index is 0.231. The van der Waals surface area contributed by atoms with Crippen molar-refractivity contribution in [1.29, 1.82) is 0 Å². The van der Waals surface area contributed by atoms with Gasteiger partial charge in [0.2, 0.25) is 0 Å². The Bertz CT molecular complexity index is 638. The van der Waals surface area contributed by atoms with Crippen LogP contribution in [0.4, 0.5) is 5.69 Å². The molecule has 0 amide bonds. The van der Waals surface area contributed by atoms with Gasteiger partial charge in [-0.25, -0.2) is 4.79 Å². The molecule has 2 aromatic rings. The molecule has 0 spiro atoms. The number of carbonyl (C=O) groups is 1. The molecule has 4 nitrogen and oxygen atoms in total. The first-order valence-corrected chi connectivity index (χ1v) is 6.84. The minimum atomic E-state index is -0.950. The summed E-state index contributed by atoms with van der Waals surface area (Å²) in [6.07, 6.45) is 0. The van der Waals surface area contributed by atoms with Gasteiger partial charge in [-0.2, -0.15) is 0 Å². The number of aromatic carboxylic acids is 1. The van der Waals surface area contributed by atoms with Crippen LogP contribution in [0.3, 0.4) is 0 Å². The zero-order valence-corrected chi connectivity index (χ0v) is 12.2. The normalized spacial score (nSPS) is 10.2. The lowest BCUT2D eigenvalue weighted by atomic mass is 10.1. The Morgan fingerprint density at radius 3 is 2.71 bits per heavy atom. The summed E-state index contributed by atoms with van der Waals surface area (Å²) in [5.41, 5.74) is 3.80. The van der Waals surface area contributed by atoms with E-state index in [1.165, 1.54) is 17.2 Å². The molecule has 2 N–H and O–H groups in total. The molecule has 0 aliphatic heterocycles. The van der Waals surface area contributed by atoms with Crippen molar-refractivity contribution < 1.29 is 14.6 Å². The fraction of sp³-hybridized carbons (Fsp3) is 0.235. The Morgan fingerprint density at radius 2 is 1.95 bits per heavy atom. The summed E-state index contributed by atoms with van der Waals surface area (Å²) < 4.78 is 5.56. The van der Waals surface area contributed by atoms with Gasteiger partial charge in [-0.05, 0) is 49.2 Å². The van der Waals surface area contributed by atoms with E-state index < -0.39 is 5.97 Å². The molecule has 0 unspecified atom stereocenters. The van der Waals surface area contributed by atoms with Crippen LogP contribution >= 0.6 is 0 Å². The smallest absolute Gasteiger partial charge is 0.335 e. The van der Waals surface area contributed by atoms with Crippen LogP contribution in [0.5, 0.6) is 5.75 Å². The molecular weight excluding hydrogens is 266 g/mol. The van der Waals surface area contributed by atoms with E-state index in [2.05, 4.69) is 25.2 Å². The SMILES string of the molecule is Cc1cccc(NCCOc2cccc(C(=O)O)c2)c1C. The predicted octanol–water partition coefficient (Wildman–Crippen LogP) is 3.49. The molecule has 21 heavy (non-hydrogen) atoms. The second kappa shape index (κ2) is 6.79. The lowest BCUT2D eigenvalue weighted by molar-refractivity contribution is 0.0696. The van der Waals surface area contributed by atoms with E-state index in [0.717, 1.165) is 5.69 Å². The standard InChI is InChI=1S/C17H19NO3/c1-12-5-3-8-16(13(12)2)18-9-10-21-15-7-4-6-14(11-15)17(19)20/h3-8,11,18H,9-10H2,1-2H3,(H,19,20). The van der Waals surface area contributed by atoms with Gasteiger partial charge in [-0.3, -0.25) is 0 Å². The summed E-state index contributed by atoms with van der Waals surface area (Å²) in [4.78, 5) is 10.9. The molecule has 110 valence electrons. The Labute approximate surface area is 124 Å². The third-order valence-corrected chi connectivity index (χ3v) is 3.37. The Balaban J connectivity index is 1.86. The van der Waals surface area contributed by atoms with Crippen molar-refractivity contribution >= 4 is 11.7 Å². The highest BCUT2D eigenvalue weighted by Crippen LogP contribution is 2.18. The summed E-state index contributed by atoms with van der Waals surface area (Å²) in [5, 5.41) is 12.2. The van der Waals surface area contributed by atoms with Crippen LogP contribution in [0.1, 0.15) is 21.5 Å². The van der Waals surface area contributed by atoms with E-state index in [4.69, 9.17) is 9.84 Å². The lowest BCUT2D eigenvalue weighted by Gasteiger charge is -2.12. The molecular formula is C17H19NO3. The van der Waals surface area contributed by atoms with E-state index in [0.29, 0.717) is 18.9 Å². The Hall–Kier alpha value is -2.49. The second-order valence-electron chi connectivity index (χ2n) is 4.86. The molecule has 0 radical (unpaired) electrons. The Morgan fingerprint density at radius 1 is 1.19 bits per heavy atom. The van der Waals surface area contributed by atoms with Crippen LogP contribution in [-0.2, 0) is 0 Å². The molecule has 2 rings (SSSR count). The molecule has 0 saturated carbocycles. The van der Waals surface area contributed by atoms with Gasteiger partial charge in [0.1, 0.15) is 12.4 Å². The number of rotatable bonds is 6. The van der Waals surface area contributed by atoms with Crippen molar-refractivity contribution in [1.82, 2.24) is 0 Å². The summed E-state index contributed by atoms with van der Waals surface area (Å²) in [7, 11) is 0. The van der Waals surface area contributed by atoms with E-state index in [1.807, 2.05) is 12.1 Å². The molecule has 0 aliphatic carbocycles. The summed E-state index contributed by atoms with van der Waals surface area (Å²) in [5.74, 6) is -0.383. The summed E-state index contributed by atoms with van der Waals surface area (Å²) in [6, 6.07) is 12.6. The minimum Gasteiger partial charge on any atom is -0.492 e. The van der Waals surface area contributed by atoms with Gasteiger partial charge >= 0.3 is 5.97 Å². The van der Waals surface area contributed by atoms with E-state index >= 15 is 0 Å². The van der Waals surface area contributed by atoms with Gasteiger partial charge in [0.15, 0.2) is 0 Å². The number of hydrogen-bond donors (Lipinski definition) is 2. The monoisotopic (exact) mass is 285 g/mol. The van der Waals surface area contributed by atoms with E-state index in [9.17, 15) is 4.79 Å². The van der Waals surface area contributed by atoms with Gasteiger partial charge in [-0.1, -0.05) is 18.2 Å². The number of anilines is 1. The van der Waals surface area contributed by atoms with Crippen molar-refractivity contribution in [2.75, 3.05) is 18.5 Å². The zero-order chi connectivity index (χ0) is 15.2. The maximum Gasteiger partial charge on any atom is 0.335 e. The van der Waals surface area contributed by atoms with Crippen LogP contribution in [0.15, 0.2) is 42.5 Å². The topological polar surface area (TPSA) is 58.6 Å². The number of nitrogens with one attached hydrogen (secondary N) is 1. The van der Waals surface area contributed by atoms with Crippen molar-refractivity contribution in [3.8, 4) is 5.75 Å². The maximum absolute atomic E-state index is 10.9. The molecule has 2 aromatic carbocycles. The molecule has 0 atom stereocenters. The number of hydrogen-bond acceptors (Lipinski definition) is 3. The molecule has 0 aromatic heterocycles. The largest absolute Gasteiger partial charge is 0.492 e. The molecule has 4 heteroatoms. The van der Waals surface area contributed by atoms with Crippen molar-refractivity contribution in [2.45, 2.75) is 13.8 Å². The molecule has 0 saturated heterocycles. The van der Waals surface area contributed by atoms with E-state index in [1.54, 1.807) is 18.2 Å². The van der Waals surface area contributed by atoms with Crippen LogP contribution in [0.2, 0.25) is 0 Å². The molecule has 0 aliphatic rings. The molecule has 0 heterocycles. The van der Waals surface area contributed by atoms with Gasteiger partial charge in [0.05, 0.1) is 5.56 Å². The second-order valence-corrected chi connectivity index (χ2v) is 4.86. The van der Waals surface area contributed by atoms with Crippen molar-refractivity contribution in [2.24, 2.45) is 0 Å². The fourth-order valence-corrected chi connectivity index (χ4v) is 2.02. The average Bonchev–Trinajstić information content (AvgIpc) is 2.48. The quantitative estimate of drug-likeness (QED) is 0.798. The first kappa shape index (κ1) is 14.9. The Kier molecular flexibility index (Phi) is 4.82. The van der Waals surface area contributed by atoms with Crippen LogP contribution in [0.25, 0.3) is 0 Å². The number of carboxylic acids is 1. The first-order chi connectivity index (χ1) is 10.1. The highest BCUT2D eigenvalue weighted by molar-refractivity contribution is 5.87. The van der Waals surface area contributed by atoms with Gasteiger partial charge in [-0.15, -0.1) is 0 Å². The number of aryl methyl sites for hydroxylation is 1. The molecule has 0 fully saturated rings. The highest BCUT2D eigenvalue weighted by atomic mass is 16.5. The number of benzene rings is 2. The van der Waals surface area contributed by atoms with Crippen molar-refractivity contribution in [3.05, 3.63) is 59.2 Å². The van der Waals surface area contributed by atoms with Crippen LogP contribution < -0.4 is 10.1 Å². The zero-order valence-electron chi connectivity index (χ0n) is 12.2. The fourth-order valence-electron chi connectivity index (χ4n) is 2.02. The number of ether oxygens (including phenoxy) is 1. The summed E-state index contributed by atoms with van der Waals surface area (Å²) in [6.45, 7) is 5.28. The van der Waals surface area contributed by atoms with Gasteiger partial charge in [0, 0.05) is 12.2 Å². The highest BCUT2D eigenvalue weighted by Gasteiger charge is 2.04. The van der Waals surface area contributed by atoms with Crippen molar-refractivity contribution in [3.63, 3.8) is 0 Å². The first-order valence-electron chi connectivity index (χ1n) is 6.84. The third kappa shape index (κ3) is 3.99. The predicted molar refractivity (Wildman–Crippen MR) is 83.3 cm³/mol. The lowest BCUT2D eigenvalue weighted by Crippen LogP contribution is -2.12. The van der Waals surface area contributed by atoms with Crippen LogP contribution in [-0.4, -0.2) is 24.2 Å². The van der Waals surface area contributed by atoms with Crippen LogP contribution in [0, 0.1) is 13.8 Å². The van der Waals surface area contributed by atoms with Gasteiger partial charge in [0.25, 0.3) is 0 Å². The summed E-state index contributed by atoms with van der Waals surface area (Å²) >= 11 is 0. The van der Waals surface area contributed by atoms with E-state index in [-0.39, 0.29) is 5.56 Å². The van der Waals surface area contributed by atoms with Gasteiger partial charge < -0.3 is 15.2 Å². The number of carboxylic acid groups (broad SMARTS) is 1. The average molecular weight is 285 g/mol. The maximum atomic E-state index is 10.9. The molecule has 0 bridgehead atoms.